The molecule has 0 bridgehead atoms. The van der Waals surface area contributed by atoms with Crippen LogP contribution in [-0.2, 0) is 35.3 Å². The van der Waals surface area contributed by atoms with Gasteiger partial charge in [-0.25, -0.2) is 23.4 Å². The number of likely N-dealkylation sites (N-methyl/N-ethyl adjacent to an activating group) is 2. The molecule has 0 fully saturated rings. The van der Waals surface area contributed by atoms with Gasteiger partial charge in [0.15, 0.2) is 11.3 Å². The first kappa shape index (κ1) is 49.2. The minimum Gasteiger partial charge on any atom is -0.494 e. The van der Waals surface area contributed by atoms with Crippen LogP contribution in [0.3, 0.4) is 0 Å². The summed E-state index contributed by atoms with van der Waals surface area (Å²) in [6.45, 7) is 25.8. The number of aryl methyl sites for hydroxylation is 2. The summed E-state index contributed by atoms with van der Waals surface area (Å²) in [5.41, 5.74) is 10.8. The van der Waals surface area contributed by atoms with Gasteiger partial charge in [0.1, 0.15) is 24.8 Å². The Hall–Kier alpha value is -5.85. The lowest BCUT2D eigenvalue weighted by Gasteiger charge is -2.18. The largest absolute Gasteiger partial charge is 0.494 e. The summed E-state index contributed by atoms with van der Waals surface area (Å²) >= 11 is 0. The summed E-state index contributed by atoms with van der Waals surface area (Å²) in [6.07, 6.45) is 3.11. The smallest absolute Gasteiger partial charge is 0.227 e. The van der Waals surface area contributed by atoms with E-state index in [0.29, 0.717) is 38.5 Å². The van der Waals surface area contributed by atoms with Crippen molar-refractivity contribution in [3.8, 4) is 34.0 Å². The van der Waals surface area contributed by atoms with Gasteiger partial charge in [0.25, 0.3) is 0 Å². The van der Waals surface area contributed by atoms with Crippen molar-refractivity contribution in [1.29, 1.82) is 0 Å². The molecule has 12 nitrogen and oxygen atoms in total. The van der Waals surface area contributed by atoms with Crippen LogP contribution in [0.5, 0.6) is 11.5 Å². The minimum atomic E-state index is -0.531. The van der Waals surface area contributed by atoms with Crippen LogP contribution in [0.1, 0.15) is 128 Å². The molecule has 2 amide bonds. The zero-order valence-electron chi connectivity index (χ0n) is 40.0. The summed E-state index contributed by atoms with van der Waals surface area (Å²) in [7, 11) is 0. The van der Waals surface area contributed by atoms with Crippen molar-refractivity contribution in [2.75, 3.05) is 46.1 Å². The van der Waals surface area contributed by atoms with Gasteiger partial charge in [0, 0.05) is 71.2 Å². The summed E-state index contributed by atoms with van der Waals surface area (Å²) in [4.78, 5) is 39.7. The van der Waals surface area contributed by atoms with Crippen LogP contribution in [0, 0.1) is 0 Å². The number of fused-ring (bicyclic) bond motifs is 2. The third-order valence-corrected chi connectivity index (χ3v) is 11.4. The molecular formula is C51H69FN8O4. The average molecular weight is 877 g/mol. The average Bonchev–Trinajstić information content (AvgIpc) is 3.85. The molecule has 0 aliphatic carbocycles. The molecular weight excluding hydrogens is 808 g/mol. The molecule has 2 aromatic carbocycles. The van der Waals surface area contributed by atoms with Crippen molar-refractivity contribution in [3.63, 3.8) is 0 Å². The fourth-order valence-electron chi connectivity index (χ4n) is 7.68. The van der Waals surface area contributed by atoms with E-state index in [1.165, 1.54) is 0 Å². The predicted molar refractivity (Wildman–Crippen MR) is 254 cm³/mol. The topological polar surface area (TPSA) is 119 Å². The maximum atomic E-state index is 13.2. The van der Waals surface area contributed by atoms with Crippen molar-refractivity contribution in [3.05, 3.63) is 94.6 Å². The Labute approximate surface area is 379 Å². The van der Waals surface area contributed by atoms with Gasteiger partial charge < -0.3 is 19.3 Å². The number of benzene rings is 2. The second kappa shape index (κ2) is 23.2. The van der Waals surface area contributed by atoms with Crippen LogP contribution in [0.2, 0.25) is 0 Å². The predicted octanol–water partition coefficient (Wildman–Crippen LogP) is 10.1. The van der Waals surface area contributed by atoms with Crippen LogP contribution in [0.25, 0.3) is 33.8 Å². The summed E-state index contributed by atoms with van der Waals surface area (Å²) in [5.74, 6) is 2.16. The Morgan fingerprint density at radius 3 is 1.53 bits per heavy atom. The Morgan fingerprint density at radius 2 is 1.11 bits per heavy atom. The number of hydrogen-bond donors (Lipinski definition) is 0. The van der Waals surface area contributed by atoms with Crippen molar-refractivity contribution in [2.24, 2.45) is 0 Å². The second-order valence-corrected chi connectivity index (χ2v) is 16.4. The highest BCUT2D eigenvalue weighted by molar-refractivity contribution is 5.86. The molecule has 6 aromatic rings. The normalized spacial score (nSPS) is 11.3. The Bertz CT molecular complexity index is 2450. The van der Waals surface area contributed by atoms with E-state index in [1.807, 2.05) is 82.9 Å². The number of carbonyl (C=O) groups excluding carboxylic acids is 2. The number of alkyl halides is 1. The van der Waals surface area contributed by atoms with E-state index in [-0.39, 0.29) is 43.1 Å². The molecule has 0 aliphatic heterocycles. The SMILES string of the molecule is CCCOc1ccc(-c2nn3c(C(C)C)cc(C(C)C)nc3c2CC(=O)N(CC)CC)cc1.CCc1cc(CC)n2nc(-c3ccc(OCCF)cc3)c(CC(=O)N(CC)CC)c2n1. The van der Waals surface area contributed by atoms with E-state index in [2.05, 4.69) is 60.6 Å². The number of halogens is 1. The van der Waals surface area contributed by atoms with Crippen LogP contribution < -0.4 is 9.47 Å². The first-order valence-electron chi connectivity index (χ1n) is 23.3. The number of hydrogen-bond acceptors (Lipinski definition) is 8. The standard InChI is InChI=1S/C27H38N4O2.C24H31FN4O2/c1-8-15-33-21-13-11-20(12-14-21)26-22(16-25(32)30(9-2)10-3)27-28-23(18(4)5)17-24(19(6)7)31(27)29-26;1-5-18-15-19(6-2)29-24(26-18)21(16-22(30)28(7-3)8-4)23(27-29)17-9-11-20(12-10-17)31-14-13-25/h11-14,17-19H,8-10,15-16H2,1-7H3;9-12,15H,5-8,13-14,16H2,1-4H3. The maximum Gasteiger partial charge on any atom is 0.227 e. The van der Waals surface area contributed by atoms with Crippen molar-refractivity contribution >= 4 is 23.1 Å². The number of carbonyl (C=O) groups is 2. The minimum absolute atomic E-state index is 0.0287. The van der Waals surface area contributed by atoms with Gasteiger partial charge in [-0.05, 0) is 119 Å². The summed E-state index contributed by atoms with van der Waals surface area (Å²) in [5, 5.41) is 9.87. The second-order valence-electron chi connectivity index (χ2n) is 16.4. The lowest BCUT2D eigenvalue weighted by Crippen LogP contribution is -2.31. The molecule has 6 rings (SSSR count). The fraction of sp³-hybridized carbons (Fsp3) is 0.490. The zero-order valence-corrected chi connectivity index (χ0v) is 40.0. The Balaban J connectivity index is 0.000000241. The molecule has 0 saturated heterocycles. The highest BCUT2D eigenvalue weighted by Gasteiger charge is 2.25. The first-order valence-corrected chi connectivity index (χ1v) is 23.3. The van der Waals surface area contributed by atoms with Crippen molar-refractivity contribution < 1.29 is 23.5 Å². The number of ether oxygens (including phenoxy) is 2. The molecule has 0 atom stereocenters. The molecule has 0 spiro atoms. The zero-order chi connectivity index (χ0) is 46.5. The van der Waals surface area contributed by atoms with Crippen LogP contribution in [0.4, 0.5) is 4.39 Å². The monoisotopic (exact) mass is 877 g/mol. The Kier molecular flexibility index (Phi) is 17.8. The number of nitrogens with zero attached hydrogens (tertiary/aromatic N) is 8. The molecule has 0 N–H and O–H groups in total. The van der Waals surface area contributed by atoms with Gasteiger partial charge >= 0.3 is 0 Å². The fourth-order valence-corrected chi connectivity index (χ4v) is 7.68. The van der Waals surface area contributed by atoms with E-state index in [1.54, 1.807) is 12.1 Å². The molecule has 4 aromatic heterocycles. The van der Waals surface area contributed by atoms with Gasteiger partial charge in [0.05, 0.1) is 30.8 Å². The molecule has 344 valence electrons. The highest BCUT2D eigenvalue weighted by Crippen LogP contribution is 2.32. The van der Waals surface area contributed by atoms with Gasteiger partial charge in [-0.2, -0.15) is 10.2 Å². The molecule has 0 saturated carbocycles. The molecule has 4 heterocycles. The van der Waals surface area contributed by atoms with E-state index >= 15 is 0 Å². The molecule has 64 heavy (non-hydrogen) atoms. The van der Waals surface area contributed by atoms with E-state index in [4.69, 9.17) is 29.6 Å². The summed E-state index contributed by atoms with van der Waals surface area (Å²) in [6, 6.07) is 19.6. The number of aromatic nitrogens is 6. The van der Waals surface area contributed by atoms with E-state index in [9.17, 15) is 14.0 Å². The number of rotatable bonds is 20. The van der Waals surface area contributed by atoms with Gasteiger partial charge in [-0.15, -0.1) is 0 Å². The third-order valence-electron chi connectivity index (χ3n) is 11.4. The number of amides is 2. The van der Waals surface area contributed by atoms with E-state index in [0.717, 1.165) is 92.7 Å². The lowest BCUT2D eigenvalue weighted by atomic mass is 10.0. The van der Waals surface area contributed by atoms with Crippen LogP contribution in [0.15, 0.2) is 60.7 Å². The van der Waals surface area contributed by atoms with Crippen LogP contribution >= 0.6 is 0 Å². The molecule has 0 aliphatic rings. The van der Waals surface area contributed by atoms with Gasteiger partial charge in [-0.1, -0.05) is 48.5 Å². The maximum absolute atomic E-state index is 13.2. The Morgan fingerprint density at radius 1 is 0.625 bits per heavy atom. The van der Waals surface area contributed by atoms with Gasteiger partial charge in [0.2, 0.25) is 11.8 Å². The van der Waals surface area contributed by atoms with Gasteiger partial charge in [-0.3, -0.25) is 9.59 Å². The quantitative estimate of drug-likeness (QED) is 0.0744. The summed E-state index contributed by atoms with van der Waals surface area (Å²) < 4.78 is 27.3. The van der Waals surface area contributed by atoms with E-state index < -0.39 is 6.67 Å². The van der Waals surface area contributed by atoms with Crippen molar-refractivity contribution in [2.45, 2.75) is 120 Å². The first-order chi connectivity index (χ1) is 30.9. The molecule has 0 unspecified atom stereocenters. The highest BCUT2D eigenvalue weighted by atomic mass is 19.1. The molecule has 0 radical (unpaired) electrons. The third kappa shape index (κ3) is 11.4. The van der Waals surface area contributed by atoms with Crippen LogP contribution in [-0.4, -0.2) is 96.9 Å². The van der Waals surface area contributed by atoms with Crippen molar-refractivity contribution in [1.82, 2.24) is 39.0 Å². The lowest BCUT2D eigenvalue weighted by molar-refractivity contribution is -0.130. The molecule has 13 heteroatoms.